The van der Waals surface area contributed by atoms with E-state index in [2.05, 4.69) is 10.0 Å². The monoisotopic (exact) mass is 231 g/mol. The first-order valence-corrected chi connectivity index (χ1v) is 4.55. The van der Waals surface area contributed by atoms with Crippen LogP contribution in [0.4, 0.5) is 0 Å². The quantitative estimate of drug-likeness (QED) is 0.484. The number of benzene rings is 1. The van der Waals surface area contributed by atoms with E-state index in [1.54, 1.807) is 18.2 Å². The van der Waals surface area contributed by atoms with E-state index in [1.165, 1.54) is 0 Å². The van der Waals surface area contributed by atoms with E-state index in [-0.39, 0.29) is 11.6 Å². The van der Waals surface area contributed by atoms with Gasteiger partial charge in [-0.1, -0.05) is 40.4 Å². The number of hydrogen-bond donors (Lipinski definition) is 1. The fraction of sp³-hybridized carbons (Fsp3) is 0.250. The maximum Gasteiger partial charge on any atom is 0.0861 e. The van der Waals surface area contributed by atoms with Crippen LogP contribution in [0.5, 0.6) is 0 Å². The number of nitrogens with zero attached hydrogens (tertiary/aromatic N) is 3. The molecule has 0 saturated carbocycles. The van der Waals surface area contributed by atoms with Gasteiger partial charge in [-0.05, 0) is 11.6 Å². The van der Waals surface area contributed by atoms with E-state index >= 15 is 0 Å². The fourth-order valence-electron chi connectivity index (χ4n) is 0.990. The normalized spacial score (nSPS) is 11.9. The summed E-state index contributed by atoms with van der Waals surface area (Å²) in [5.41, 5.74) is 8.54. The lowest BCUT2D eigenvalue weighted by Crippen LogP contribution is -2.01. The van der Waals surface area contributed by atoms with Gasteiger partial charge >= 0.3 is 0 Å². The molecule has 0 heterocycles. The standard InChI is InChI=1S/C8H7Cl2N3O/c9-6-3-1-2-5(8(6)10)7(14)4-12-13-11/h1-3,7,14H,4H2. The van der Waals surface area contributed by atoms with Gasteiger partial charge in [0.2, 0.25) is 0 Å². The van der Waals surface area contributed by atoms with Gasteiger partial charge < -0.3 is 5.11 Å². The second kappa shape index (κ2) is 5.08. The lowest BCUT2D eigenvalue weighted by molar-refractivity contribution is 0.187. The molecule has 1 atom stereocenters. The van der Waals surface area contributed by atoms with Gasteiger partial charge in [0.1, 0.15) is 0 Å². The molecule has 6 heteroatoms. The highest BCUT2D eigenvalue weighted by molar-refractivity contribution is 6.42. The number of azide groups is 1. The lowest BCUT2D eigenvalue weighted by Gasteiger charge is -2.10. The molecule has 1 unspecified atom stereocenters. The van der Waals surface area contributed by atoms with E-state index in [9.17, 15) is 5.11 Å². The van der Waals surface area contributed by atoms with Crippen molar-refractivity contribution in [3.8, 4) is 0 Å². The molecule has 1 aromatic carbocycles. The van der Waals surface area contributed by atoms with Crippen LogP contribution in [0.2, 0.25) is 10.0 Å². The predicted molar refractivity (Wildman–Crippen MR) is 55.4 cm³/mol. The largest absolute Gasteiger partial charge is 0.388 e. The van der Waals surface area contributed by atoms with Gasteiger partial charge in [-0.3, -0.25) is 0 Å². The van der Waals surface area contributed by atoms with Gasteiger partial charge in [0.15, 0.2) is 0 Å². The van der Waals surface area contributed by atoms with E-state index in [0.717, 1.165) is 0 Å². The summed E-state index contributed by atoms with van der Waals surface area (Å²) < 4.78 is 0. The zero-order valence-corrected chi connectivity index (χ0v) is 8.57. The summed E-state index contributed by atoms with van der Waals surface area (Å²) in [5, 5.41) is 13.4. The molecule has 0 amide bonds. The third-order valence-corrected chi connectivity index (χ3v) is 2.49. The molecular formula is C8H7Cl2N3O. The average Bonchev–Trinajstić information content (AvgIpc) is 2.18. The maximum atomic E-state index is 9.55. The Labute approximate surface area is 90.7 Å². The van der Waals surface area contributed by atoms with Crippen molar-refractivity contribution < 1.29 is 5.11 Å². The summed E-state index contributed by atoms with van der Waals surface area (Å²) in [5.74, 6) is 0. The number of hydrogen-bond acceptors (Lipinski definition) is 2. The molecule has 0 spiro atoms. The maximum absolute atomic E-state index is 9.55. The second-order valence-electron chi connectivity index (χ2n) is 2.57. The van der Waals surface area contributed by atoms with Crippen LogP contribution >= 0.6 is 23.2 Å². The Morgan fingerprint density at radius 3 is 2.86 bits per heavy atom. The van der Waals surface area contributed by atoms with Crippen LogP contribution in [-0.4, -0.2) is 11.7 Å². The fourth-order valence-corrected chi connectivity index (χ4v) is 1.42. The van der Waals surface area contributed by atoms with Crippen LogP contribution < -0.4 is 0 Å². The van der Waals surface area contributed by atoms with E-state index < -0.39 is 6.10 Å². The Balaban J connectivity index is 2.94. The topological polar surface area (TPSA) is 69.0 Å². The van der Waals surface area contributed by atoms with Gasteiger partial charge in [0, 0.05) is 10.5 Å². The molecule has 0 aliphatic heterocycles. The van der Waals surface area contributed by atoms with Crippen molar-refractivity contribution in [2.24, 2.45) is 5.11 Å². The Hall–Kier alpha value is -0.930. The summed E-state index contributed by atoms with van der Waals surface area (Å²) >= 11 is 11.6. The molecule has 0 saturated heterocycles. The molecule has 0 aromatic heterocycles. The predicted octanol–water partition coefficient (Wildman–Crippen LogP) is 3.34. The van der Waals surface area contributed by atoms with Crippen molar-refractivity contribution >= 4 is 23.2 Å². The molecule has 4 nitrogen and oxygen atoms in total. The van der Waals surface area contributed by atoms with Crippen LogP contribution in [0.25, 0.3) is 10.4 Å². The summed E-state index contributed by atoms with van der Waals surface area (Å²) in [4.78, 5) is 2.54. The van der Waals surface area contributed by atoms with Gasteiger partial charge in [-0.25, -0.2) is 0 Å². The molecule has 0 aliphatic carbocycles. The first kappa shape index (κ1) is 11.1. The molecule has 74 valence electrons. The third kappa shape index (κ3) is 2.53. The van der Waals surface area contributed by atoms with E-state index in [1.807, 2.05) is 0 Å². The Bertz CT molecular complexity index is 377. The van der Waals surface area contributed by atoms with Crippen LogP contribution in [0.15, 0.2) is 23.3 Å². The van der Waals surface area contributed by atoms with Crippen LogP contribution in [0.3, 0.4) is 0 Å². The highest BCUT2D eigenvalue weighted by Gasteiger charge is 2.12. The van der Waals surface area contributed by atoms with Crippen molar-refractivity contribution in [1.29, 1.82) is 0 Å². The first-order valence-electron chi connectivity index (χ1n) is 3.79. The highest BCUT2D eigenvalue weighted by atomic mass is 35.5. The van der Waals surface area contributed by atoms with Crippen molar-refractivity contribution in [2.75, 3.05) is 6.54 Å². The Morgan fingerprint density at radius 1 is 1.50 bits per heavy atom. The molecular weight excluding hydrogens is 225 g/mol. The summed E-state index contributed by atoms with van der Waals surface area (Å²) in [6.07, 6.45) is -0.919. The highest BCUT2D eigenvalue weighted by Crippen LogP contribution is 2.29. The molecule has 0 radical (unpaired) electrons. The molecule has 14 heavy (non-hydrogen) atoms. The molecule has 1 rings (SSSR count). The Morgan fingerprint density at radius 2 is 2.21 bits per heavy atom. The second-order valence-corrected chi connectivity index (χ2v) is 3.36. The lowest BCUT2D eigenvalue weighted by atomic mass is 10.1. The molecule has 1 N–H and O–H groups in total. The van der Waals surface area contributed by atoms with Gasteiger partial charge in [-0.15, -0.1) is 0 Å². The summed E-state index contributed by atoms with van der Waals surface area (Å²) in [6.45, 7) is -0.0590. The van der Waals surface area contributed by atoms with Crippen molar-refractivity contribution in [1.82, 2.24) is 0 Å². The van der Waals surface area contributed by atoms with Crippen LogP contribution in [-0.2, 0) is 0 Å². The van der Waals surface area contributed by atoms with Gasteiger partial charge in [0.05, 0.1) is 22.7 Å². The average molecular weight is 232 g/mol. The SMILES string of the molecule is [N-]=[N+]=NCC(O)c1cccc(Cl)c1Cl. The molecule has 1 aromatic rings. The number of rotatable bonds is 3. The van der Waals surface area contributed by atoms with Crippen molar-refractivity contribution in [3.05, 3.63) is 44.3 Å². The van der Waals surface area contributed by atoms with Crippen molar-refractivity contribution in [3.63, 3.8) is 0 Å². The molecule has 0 bridgehead atoms. The minimum atomic E-state index is -0.919. The number of aliphatic hydroxyl groups is 1. The van der Waals surface area contributed by atoms with Gasteiger partial charge in [-0.2, -0.15) is 0 Å². The Kier molecular flexibility index (Phi) is 4.04. The van der Waals surface area contributed by atoms with Crippen LogP contribution in [0.1, 0.15) is 11.7 Å². The minimum Gasteiger partial charge on any atom is -0.388 e. The summed E-state index contributed by atoms with van der Waals surface area (Å²) in [6, 6.07) is 4.92. The molecule has 0 fully saturated rings. The first-order chi connectivity index (χ1) is 6.66. The zero-order chi connectivity index (χ0) is 10.6. The number of aliphatic hydroxyl groups excluding tert-OH is 1. The minimum absolute atomic E-state index is 0.0590. The van der Waals surface area contributed by atoms with Crippen LogP contribution in [0, 0.1) is 0 Å². The third-order valence-electron chi connectivity index (χ3n) is 1.66. The smallest absolute Gasteiger partial charge is 0.0861 e. The number of halogens is 2. The van der Waals surface area contributed by atoms with E-state index in [4.69, 9.17) is 28.7 Å². The van der Waals surface area contributed by atoms with E-state index in [0.29, 0.717) is 10.6 Å². The summed E-state index contributed by atoms with van der Waals surface area (Å²) in [7, 11) is 0. The molecule has 0 aliphatic rings. The van der Waals surface area contributed by atoms with Crippen molar-refractivity contribution in [2.45, 2.75) is 6.10 Å². The van der Waals surface area contributed by atoms with Gasteiger partial charge in [0.25, 0.3) is 0 Å². The zero-order valence-electron chi connectivity index (χ0n) is 7.06.